The van der Waals surface area contributed by atoms with Gasteiger partial charge in [-0.1, -0.05) is 0 Å². The summed E-state index contributed by atoms with van der Waals surface area (Å²) in [4.78, 5) is 12.2. The van der Waals surface area contributed by atoms with Gasteiger partial charge < -0.3 is 5.32 Å². The molecule has 10 heteroatoms. The number of hydrogen-bond donors (Lipinski definition) is 1. The summed E-state index contributed by atoms with van der Waals surface area (Å²) in [6, 6.07) is 2.43. The Kier molecular flexibility index (Phi) is 4.43. The molecule has 1 N–H and O–H groups in total. The van der Waals surface area contributed by atoms with Gasteiger partial charge >= 0.3 is 0 Å². The largest absolute Gasteiger partial charge is 0.348 e. The molecule has 0 aromatic carbocycles. The average Bonchev–Trinajstić information content (AvgIpc) is 3.14. The number of nitrogens with one attached hydrogen (secondary N) is 1. The van der Waals surface area contributed by atoms with Crippen LogP contribution in [-0.4, -0.2) is 29.4 Å². The van der Waals surface area contributed by atoms with Crippen LogP contribution in [0.2, 0.25) is 0 Å². The van der Waals surface area contributed by atoms with Crippen LogP contribution >= 0.6 is 11.3 Å². The van der Waals surface area contributed by atoms with Crippen LogP contribution in [0.4, 0.5) is 8.78 Å². The second kappa shape index (κ2) is 6.25. The number of sulfone groups is 1. The third-order valence-corrected chi connectivity index (χ3v) is 7.63. The second-order valence-electron chi connectivity index (χ2n) is 5.61. The fourth-order valence-corrected chi connectivity index (χ4v) is 5.90. The predicted octanol–water partition coefficient (Wildman–Crippen LogP) is 2.31. The number of thiophene rings is 1. The lowest BCUT2D eigenvalue weighted by atomic mass is 10.0. The van der Waals surface area contributed by atoms with Crippen LogP contribution in [-0.2, 0) is 21.2 Å². The van der Waals surface area contributed by atoms with E-state index in [1.165, 1.54) is 6.20 Å². The van der Waals surface area contributed by atoms with Crippen LogP contribution in [0, 0.1) is 0 Å². The zero-order chi connectivity index (χ0) is 17.5. The Bertz CT molecular complexity index is 860. The zero-order valence-corrected chi connectivity index (χ0v) is 14.3. The molecule has 0 spiro atoms. The van der Waals surface area contributed by atoms with Gasteiger partial charge in [0.1, 0.15) is 16.4 Å². The van der Waals surface area contributed by atoms with Gasteiger partial charge in [-0.25, -0.2) is 17.2 Å². The Hall–Kier alpha value is -1.81. The molecule has 130 valence electrons. The highest BCUT2D eigenvalue weighted by Crippen LogP contribution is 2.39. The van der Waals surface area contributed by atoms with Gasteiger partial charge in [-0.2, -0.15) is 5.10 Å². The summed E-state index contributed by atoms with van der Waals surface area (Å²) in [5, 5.41) is 7.49. The van der Waals surface area contributed by atoms with Crippen LogP contribution in [0.1, 0.15) is 37.1 Å². The molecule has 0 fully saturated rings. The number of carbonyl (C=O) groups is 1. The van der Waals surface area contributed by atoms with E-state index in [9.17, 15) is 22.0 Å². The second-order valence-corrected chi connectivity index (χ2v) is 9.09. The summed E-state index contributed by atoms with van der Waals surface area (Å²) in [6.07, 6.45) is -1.10. The Morgan fingerprint density at radius 2 is 2.25 bits per heavy atom. The predicted molar refractivity (Wildman–Crippen MR) is 83.7 cm³/mol. The van der Waals surface area contributed by atoms with Crippen molar-refractivity contribution in [3.05, 3.63) is 35.0 Å². The lowest BCUT2D eigenvalue weighted by Gasteiger charge is -2.28. The number of nitrogens with zero attached hydrogens (tertiary/aromatic N) is 2. The van der Waals surface area contributed by atoms with E-state index in [4.69, 9.17) is 0 Å². The van der Waals surface area contributed by atoms with Crippen LogP contribution in [0.5, 0.6) is 0 Å². The number of halogens is 2. The maximum absolute atomic E-state index is 12.5. The molecule has 2 atom stereocenters. The molecule has 0 unspecified atom stereocenters. The van der Waals surface area contributed by atoms with E-state index in [1.54, 1.807) is 18.4 Å². The number of alkyl halides is 2. The van der Waals surface area contributed by atoms with Crippen LogP contribution in [0.25, 0.3) is 0 Å². The Labute approximate surface area is 141 Å². The number of aromatic nitrogens is 2. The molecule has 0 bridgehead atoms. The first-order valence-electron chi connectivity index (χ1n) is 7.21. The van der Waals surface area contributed by atoms with Gasteiger partial charge in [0.15, 0.2) is 9.84 Å². The molecule has 2 aromatic rings. The fourth-order valence-electron chi connectivity index (χ4n) is 2.67. The summed E-state index contributed by atoms with van der Waals surface area (Å²) in [6.45, 7) is 1.41. The summed E-state index contributed by atoms with van der Waals surface area (Å²) < 4.78 is 51.0. The molecule has 24 heavy (non-hydrogen) atoms. The Morgan fingerprint density at radius 3 is 2.92 bits per heavy atom. The number of rotatable bonds is 4. The van der Waals surface area contributed by atoms with E-state index in [1.807, 2.05) is 0 Å². The smallest absolute Gasteiger partial charge is 0.282 e. The zero-order valence-electron chi connectivity index (χ0n) is 12.6. The van der Waals surface area contributed by atoms with Crippen molar-refractivity contribution < 1.29 is 22.0 Å². The van der Waals surface area contributed by atoms with Crippen LogP contribution in [0.3, 0.4) is 0 Å². The highest BCUT2D eigenvalue weighted by Gasteiger charge is 2.37. The third kappa shape index (κ3) is 3.07. The first-order chi connectivity index (χ1) is 11.3. The third-order valence-electron chi connectivity index (χ3n) is 3.92. The van der Waals surface area contributed by atoms with E-state index in [0.717, 1.165) is 22.1 Å². The van der Waals surface area contributed by atoms with E-state index < -0.39 is 33.5 Å². The minimum absolute atomic E-state index is 0.205. The quantitative estimate of drug-likeness (QED) is 0.889. The maximum atomic E-state index is 12.5. The number of carbonyl (C=O) groups excluding carboxylic acids is 1. The van der Waals surface area contributed by atoms with Crippen molar-refractivity contribution >= 4 is 27.1 Å². The lowest BCUT2D eigenvalue weighted by Crippen LogP contribution is -2.38. The molecule has 0 radical (unpaired) electrons. The van der Waals surface area contributed by atoms with Crippen molar-refractivity contribution in [3.8, 4) is 0 Å². The van der Waals surface area contributed by atoms with Crippen molar-refractivity contribution in [2.24, 2.45) is 0 Å². The minimum Gasteiger partial charge on any atom is -0.348 e. The van der Waals surface area contributed by atoms with Gasteiger partial charge in [-0.3, -0.25) is 9.48 Å². The topological polar surface area (TPSA) is 81.1 Å². The Morgan fingerprint density at radius 1 is 1.50 bits per heavy atom. The molecular formula is C14H15F2N3O3S2. The van der Waals surface area contributed by atoms with E-state index in [2.05, 4.69) is 10.4 Å². The molecule has 3 heterocycles. The van der Waals surface area contributed by atoms with E-state index >= 15 is 0 Å². The van der Waals surface area contributed by atoms with Crippen molar-refractivity contribution in [2.75, 3.05) is 0 Å². The summed E-state index contributed by atoms with van der Waals surface area (Å²) in [7, 11) is -3.34. The first-order valence-corrected chi connectivity index (χ1v) is 9.63. The molecular weight excluding hydrogens is 360 g/mol. The molecule has 6 nitrogen and oxygen atoms in total. The molecule has 0 saturated heterocycles. The van der Waals surface area contributed by atoms with Crippen molar-refractivity contribution in [2.45, 2.75) is 41.8 Å². The molecule has 1 amide bonds. The van der Waals surface area contributed by atoms with Crippen LogP contribution < -0.4 is 5.32 Å². The van der Waals surface area contributed by atoms with Gasteiger partial charge in [0.25, 0.3) is 6.43 Å². The molecule has 1 aliphatic heterocycles. The monoisotopic (exact) mass is 375 g/mol. The van der Waals surface area contributed by atoms with E-state index in [0.29, 0.717) is 5.56 Å². The van der Waals surface area contributed by atoms with Gasteiger partial charge in [0, 0.05) is 11.8 Å². The van der Waals surface area contributed by atoms with Gasteiger partial charge in [0.05, 0.1) is 11.3 Å². The molecule has 1 aliphatic rings. The van der Waals surface area contributed by atoms with Crippen molar-refractivity contribution in [1.82, 2.24) is 15.1 Å². The molecule has 2 aromatic heterocycles. The maximum Gasteiger partial charge on any atom is 0.282 e. The van der Waals surface area contributed by atoms with Gasteiger partial charge in [-0.05, 0) is 30.9 Å². The Balaban J connectivity index is 1.73. The van der Waals surface area contributed by atoms with Gasteiger partial charge in [0.2, 0.25) is 5.91 Å². The normalized spacial score (nSPS) is 22.3. The minimum atomic E-state index is -3.34. The van der Waals surface area contributed by atoms with Crippen molar-refractivity contribution in [1.29, 1.82) is 0 Å². The summed E-state index contributed by atoms with van der Waals surface area (Å²) in [5.41, 5.74) is 0.195. The summed E-state index contributed by atoms with van der Waals surface area (Å²) in [5.74, 6) is -0.410. The number of fused-ring (bicyclic) bond motifs is 1. The number of hydrogen-bond acceptors (Lipinski definition) is 5. The van der Waals surface area contributed by atoms with Crippen molar-refractivity contribution in [3.63, 3.8) is 0 Å². The first kappa shape index (κ1) is 17.0. The molecule has 3 rings (SSSR count). The summed E-state index contributed by atoms with van der Waals surface area (Å²) >= 11 is 1.14. The van der Waals surface area contributed by atoms with E-state index in [-0.39, 0.29) is 22.9 Å². The lowest BCUT2D eigenvalue weighted by molar-refractivity contribution is -0.122. The number of amides is 1. The van der Waals surface area contributed by atoms with Crippen LogP contribution in [0.15, 0.2) is 27.9 Å². The fraction of sp³-hybridized carbons (Fsp3) is 0.429. The average molecular weight is 375 g/mol. The highest BCUT2D eigenvalue weighted by molar-refractivity contribution is 7.94. The SMILES string of the molecule is C[C@H]1C[C@H](NC(=O)Cn2ccc(C(F)F)n2)c2ccsc2S1(=O)=O. The van der Waals surface area contributed by atoms with Gasteiger partial charge in [-0.15, -0.1) is 11.3 Å². The molecule has 0 aliphatic carbocycles. The molecule has 0 saturated carbocycles. The standard InChI is InChI=1S/C14H15F2N3O3S2/c1-8-6-11(9-3-5-23-14(9)24(8,21)22)17-12(20)7-19-4-2-10(18-19)13(15)16/h2-5,8,11,13H,6-7H2,1H3,(H,17,20)/t8-,11-/m0/s1. The highest BCUT2D eigenvalue weighted by atomic mass is 32.2.